The highest BCUT2D eigenvalue weighted by molar-refractivity contribution is 6.30. The van der Waals surface area contributed by atoms with Crippen LogP contribution in [0.2, 0.25) is 5.02 Å². The number of amides is 1. The molecule has 3 rings (SSSR count). The first-order valence-corrected chi connectivity index (χ1v) is 7.32. The lowest BCUT2D eigenvalue weighted by Gasteiger charge is -2.31. The summed E-state index contributed by atoms with van der Waals surface area (Å²) in [6, 6.07) is 7.55. The van der Waals surface area contributed by atoms with Gasteiger partial charge < -0.3 is 14.7 Å². The number of ether oxygens (including phenoxy) is 1. The van der Waals surface area contributed by atoms with Gasteiger partial charge in [0.2, 0.25) is 5.91 Å². The van der Waals surface area contributed by atoms with E-state index < -0.39 is 12.1 Å². The Hall–Kier alpha value is -1.59. The fourth-order valence-corrected chi connectivity index (χ4v) is 3.01. The maximum Gasteiger partial charge on any atom is 0.334 e. The Morgan fingerprint density at radius 3 is 2.90 bits per heavy atom. The molecule has 5 nitrogen and oxygen atoms in total. The summed E-state index contributed by atoms with van der Waals surface area (Å²) >= 11 is 5.97. The number of halogens is 1. The van der Waals surface area contributed by atoms with Crippen molar-refractivity contribution in [2.45, 2.75) is 18.4 Å². The number of benzene rings is 1. The van der Waals surface area contributed by atoms with E-state index in [1.54, 1.807) is 4.90 Å². The Balaban J connectivity index is 1.63. The molecule has 1 aliphatic heterocycles. The third kappa shape index (κ3) is 3.04. The van der Waals surface area contributed by atoms with Gasteiger partial charge in [-0.15, -0.1) is 0 Å². The molecular formula is C15H16ClNO4. The molecule has 1 aliphatic carbocycles. The van der Waals surface area contributed by atoms with Crippen LogP contribution in [0.3, 0.4) is 0 Å². The monoisotopic (exact) mass is 309 g/mol. The van der Waals surface area contributed by atoms with Gasteiger partial charge in [-0.2, -0.15) is 0 Å². The minimum absolute atomic E-state index is 0.0227. The van der Waals surface area contributed by atoms with E-state index in [1.807, 2.05) is 24.3 Å². The van der Waals surface area contributed by atoms with Gasteiger partial charge in [0, 0.05) is 17.5 Å². The highest BCUT2D eigenvalue weighted by Gasteiger charge is 2.46. The molecule has 1 amide bonds. The van der Waals surface area contributed by atoms with Crippen LogP contribution in [0, 0.1) is 5.92 Å². The average Bonchev–Trinajstić information content (AvgIpc) is 3.27. The van der Waals surface area contributed by atoms with Crippen molar-refractivity contribution in [3.8, 4) is 0 Å². The first-order chi connectivity index (χ1) is 10.1. The summed E-state index contributed by atoms with van der Waals surface area (Å²) in [6.45, 7) is 0.867. The molecule has 0 bridgehead atoms. The standard InChI is InChI=1S/C15H16ClNO4/c16-10-3-1-2-9(6-10)11-7-12(11)14(18)17-4-5-21-13(8-17)15(19)20/h1-3,6,11-13H,4-5,7-8H2,(H,19,20)/t11-,12-,13+/m1/s1. The zero-order valence-corrected chi connectivity index (χ0v) is 12.1. The Labute approximate surface area is 127 Å². The minimum Gasteiger partial charge on any atom is -0.479 e. The Bertz CT molecular complexity index is 577. The van der Waals surface area contributed by atoms with Crippen LogP contribution >= 0.6 is 11.6 Å². The zero-order chi connectivity index (χ0) is 15.0. The van der Waals surface area contributed by atoms with Crippen LogP contribution in [0.15, 0.2) is 24.3 Å². The predicted octanol–water partition coefficient (Wildman–Crippen LogP) is 1.76. The summed E-state index contributed by atoms with van der Waals surface area (Å²) in [7, 11) is 0. The van der Waals surface area contributed by atoms with E-state index in [-0.39, 0.29) is 30.9 Å². The lowest BCUT2D eigenvalue weighted by molar-refractivity contribution is -0.159. The zero-order valence-electron chi connectivity index (χ0n) is 11.4. The Morgan fingerprint density at radius 1 is 1.38 bits per heavy atom. The summed E-state index contributed by atoms with van der Waals surface area (Å²) < 4.78 is 5.14. The van der Waals surface area contributed by atoms with E-state index in [0.717, 1.165) is 12.0 Å². The molecule has 1 N–H and O–H groups in total. The fraction of sp³-hybridized carbons (Fsp3) is 0.467. The number of hydrogen-bond acceptors (Lipinski definition) is 3. The third-order valence-corrected chi connectivity index (χ3v) is 4.27. The van der Waals surface area contributed by atoms with Crippen LogP contribution in [0.5, 0.6) is 0 Å². The van der Waals surface area contributed by atoms with Crippen molar-refractivity contribution in [3.05, 3.63) is 34.9 Å². The van der Waals surface area contributed by atoms with E-state index in [2.05, 4.69) is 0 Å². The molecule has 2 aliphatic rings. The van der Waals surface area contributed by atoms with Gasteiger partial charge in [0.25, 0.3) is 0 Å². The van der Waals surface area contributed by atoms with Gasteiger partial charge in [0.05, 0.1) is 13.2 Å². The van der Waals surface area contributed by atoms with E-state index in [4.69, 9.17) is 21.4 Å². The van der Waals surface area contributed by atoms with Crippen molar-refractivity contribution in [2.75, 3.05) is 19.7 Å². The number of carbonyl (C=O) groups excluding carboxylic acids is 1. The van der Waals surface area contributed by atoms with Gasteiger partial charge >= 0.3 is 5.97 Å². The maximum atomic E-state index is 12.4. The molecule has 6 heteroatoms. The summed E-state index contributed by atoms with van der Waals surface area (Å²) in [6.07, 6.45) is -0.111. The lowest BCUT2D eigenvalue weighted by atomic mass is 10.1. The van der Waals surface area contributed by atoms with Gasteiger partial charge in [0.1, 0.15) is 0 Å². The Morgan fingerprint density at radius 2 is 2.19 bits per heavy atom. The van der Waals surface area contributed by atoms with Crippen LogP contribution in [0.1, 0.15) is 17.9 Å². The van der Waals surface area contributed by atoms with Gasteiger partial charge in [0.15, 0.2) is 6.10 Å². The van der Waals surface area contributed by atoms with Crippen molar-refractivity contribution >= 4 is 23.5 Å². The van der Waals surface area contributed by atoms with Crippen LogP contribution in [0.25, 0.3) is 0 Å². The molecule has 2 fully saturated rings. The van der Waals surface area contributed by atoms with Crippen molar-refractivity contribution in [3.63, 3.8) is 0 Å². The highest BCUT2D eigenvalue weighted by Crippen LogP contribution is 2.49. The van der Waals surface area contributed by atoms with Gasteiger partial charge in [-0.1, -0.05) is 23.7 Å². The summed E-state index contributed by atoms with van der Waals surface area (Å²) in [5.74, 6) is -0.859. The number of carboxylic acid groups (broad SMARTS) is 1. The van der Waals surface area contributed by atoms with Gasteiger partial charge in [-0.25, -0.2) is 4.79 Å². The average molecular weight is 310 g/mol. The van der Waals surface area contributed by atoms with Crippen molar-refractivity contribution in [1.82, 2.24) is 4.90 Å². The number of carboxylic acids is 1. The van der Waals surface area contributed by atoms with Crippen LogP contribution in [-0.4, -0.2) is 47.7 Å². The SMILES string of the molecule is O=C(O)[C@@H]1CN(C(=O)[C@@H]2C[C@@H]2c2cccc(Cl)c2)CCO1. The van der Waals surface area contributed by atoms with E-state index in [1.165, 1.54) is 0 Å². The number of carbonyl (C=O) groups is 2. The predicted molar refractivity (Wildman–Crippen MR) is 76.3 cm³/mol. The number of aliphatic carboxylic acids is 1. The molecule has 1 saturated heterocycles. The summed E-state index contributed by atoms with van der Waals surface area (Å²) in [4.78, 5) is 25.0. The summed E-state index contributed by atoms with van der Waals surface area (Å²) in [5, 5.41) is 9.64. The summed E-state index contributed by atoms with van der Waals surface area (Å²) in [5.41, 5.74) is 1.07. The second-order valence-electron chi connectivity index (χ2n) is 5.49. The van der Waals surface area contributed by atoms with Crippen LogP contribution in [0.4, 0.5) is 0 Å². The molecule has 1 saturated carbocycles. The van der Waals surface area contributed by atoms with Crippen LogP contribution < -0.4 is 0 Å². The van der Waals surface area contributed by atoms with E-state index >= 15 is 0 Å². The van der Waals surface area contributed by atoms with Crippen molar-refractivity contribution in [1.29, 1.82) is 0 Å². The first kappa shape index (κ1) is 14.4. The first-order valence-electron chi connectivity index (χ1n) is 6.95. The fourth-order valence-electron chi connectivity index (χ4n) is 2.81. The quantitative estimate of drug-likeness (QED) is 0.924. The Kier molecular flexibility index (Phi) is 3.87. The molecular weight excluding hydrogens is 294 g/mol. The maximum absolute atomic E-state index is 12.4. The molecule has 1 aromatic rings. The van der Waals surface area contributed by atoms with Gasteiger partial charge in [-0.3, -0.25) is 4.79 Å². The third-order valence-electron chi connectivity index (χ3n) is 4.04. The van der Waals surface area contributed by atoms with Gasteiger partial charge in [-0.05, 0) is 30.0 Å². The number of nitrogens with zero attached hydrogens (tertiary/aromatic N) is 1. The lowest BCUT2D eigenvalue weighted by Crippen LogP contribution is -2.49. The molecule has 21 heavy (non-hydrogen) atoms. The normalized spacial score (nSPS) is 28.2. The molecule has 112 valence electrons. The van der Waals surface area contributed by atoms with Crippen molar-refractivity contribution in [2.24, 2.45) is 5.92 Å². The second-order valence-corrected chi connectivity index (χ2v) is 5.92. The second kappa shape index (κ2) is 5.66. The largest absolute Gasteiger partial charge is 0.479 e. The van der Waals surface area contributed by atoms with Crippen LogP contribution in [-0.2, 0) is 14.3 Å². The smallest absolute Gasteiger partial charge is 0.334 e. The molecule has 0 radical (unpaired) electrons. The van der Waals surface area contributed by atoms with Crippen molar-refractivity contribution < 1.29 is 19.4 Å². The number of morpholine rings is 1. The topological polar surface area (TPSA) is 66.8 Å². The van der Waals surface area contributed by atoms with E-state index in [0.29, 0.717) is 11.6 Å². The molecule has 0 spiro atoms. The molecule has 1 aromatic carbocycles. The highest BCUT2D eigenvalue weighted by atomic mass is 35.5. The molecule has 3 atom stereocenters. The molecule has 0 aromatic heterocycles. The number of hydrogen-bond donors (Lipinski definition) is 1. The molecule has 1 heterocycles. The van der Waals surface area contributed by atoms with E-state index in [9.17, 15) is 9.59 Å². The molecule has 0 unspecified atom stereocenters. The number of rotatable bonds is 3. The minimum atomic E-state index is -1.02.